The van der Waals surface area contributed by atoms with Crippen molar-refractivity contribution in [2.45, 2.75) is 20.4 Å². The van der Waals surface area contributed by atoms with Crippen LogP contribution in [0, 0.1) is 13.8 Å². The summed E-state index contributed by atoms with van der Waals surface area (Å²) in [5.74, 6) is 0.571. The van der Waals surface area contributed by atoms with Crippen molar-refractivity contribution in [1.82, 2.24) is 10.3 Å². The fourth-order valence-corrected chi connectivity index (χ4v) is 2.36. The highest BCUT2D eigenvalue weighted by molar-refractivity contribution is 5.95. The van der Waals surface area contributed by atoms with Crippen molar-refractivity contribution < 1.29 is 9.21 Å². The van der Waals surface area contributed by atoms with Crippen LogP contribution in [-0.2, 0) is 6.54 Å². The first kappa shape index (κ1) is 15.0. The molecule has 0 bridgehead atoms. The minimum atomic E-state index is -0.151. The van der Waals surface area contributed by atoms with Crippen LogP contribution in [0.3, 0.4) is 0 Å². The first-order valence-electron chi connectivity index (χ1n) is 7.49. The topological polar surface area (TPSA) is 55.1 Å². The Hall–Kier alpha value is -2.88. The molecule has 1 aromatic carbocycles. The van der Waals surface area contributed by atoms with Gasteiger partial charge in [0.05, 0.1) is 29.8 Å². The van der Waals surface area contributed by atoms with E-state index in [1.54, 1.807) is 12.3 Å². The molecule has 0 radical (unpaired) electrons. The monoisotopic (exact) mass is 306 g/mol. The van der Waals surface area contributed by atoms with Crippen molar-refractivity contribution in [3.8, 4) is 11.3 Å². The normalized spacial score (nSPS) is 10.5. The summed E-state index contributed by atoms with van der Waals surface area (Å²) in [5.41, 5.74) is 4.40. The molecule has 4 nitrogen and oxygen atoms in total. The third kappa shape index (κ3) is 3.48. The summed E-state index contributed by atoms with van der Waals surface area (Å²) in [7, 11) is 0. The first-order valence-corrected chi connectivity index (χ1v) is 7.49. The van der Waals surface area contributed by atoms with Crippen LogP contribution in [0.15, 0.2) is 59.2 Å². The molecule has 3 rings (SSSR count). The number of benzene rings is 1. The zero-order valence-corrected chi connectivity index (χ0v) is 13.2. The zero-order valence-electron chi connectivity index (χ0n) is 13.2. The van der Waals surface area contributed by atoms with Gasteiger partial charge in [-0.1, -0.05) is 29.8 Å². The maximum Gasteiger partial charge on any atom is 0.253 e. The molecular formula is C19H18N2O2. The van der Waals surface area contributed by atoms with Gasteiger partial charge in [-0.2, -0.15) is 0 Å². The van der Waals surface area contributed by atoms with E-state index in [2.05, 4.69) is 29.4 Å². The molecule has 0 saturated carbocycles. The number of amides is 1. The third-order valence-electron chi connectivity index (χ3n) is 3.68. The maximum atomic E-state index is 12.3. The van der Waals surface area contributed by atoms with Gasteiger partial charge in [-0.15, -0.1) is 0 Å². The van der Waals surface area contributed by atoms with Crippen LogP contribution in [0.4, 0.5) is 0 Å². The smallest absolute Gasteiger partial charge is 0.253 e. The summed E-state index contributed by atoms with van der Waals surface area (Å²) in [6.07, 6.45) is 1.59. The van der Waals surface area contributed by atoms with Crippen LogP contribution in [0.25, 0.3) is 11.3 Å². The molecule has 3 aromatic rings. The number of rotatable bonds is 4. The second-order valence-corrected chi connectivity index (χ2v) is 5.46. The van der Waals surface area contributed by atoms with Gasteiger partial charge in [0, 0.05) is 5.56 Å². The molecule has 0 aliphatic rings. The lowest BCUT2D eigenvalue weighted by atomic mass is 10.1. The fourth-order valence-electron chi connectivity index (χ4n) is 2.36. The highest BCUT2D eigenvalue weighted by atomic mass is 16.3. The van der Waals surface area contributed by atoms with Crippen LogP contribution in [-0.4, -0.2) is 10.9 Å². The second-order valence-electron chi connectivity index (χ2n) is 5.46. The zero-order chi connectivity index (χ0) is 16.2. The molecule has 0 aliphatic carbocycles. The Balaban J connectivity index is 1.76. The average Bonchev–Trinajstić information content (AvgIpc) is 3.06. The van der Waals surface area contributed by atoms with E-state index in [1.807, 2.05) is 37.3 Å². The molecule has 1 N–H and O–H groups in total. The van der Waals surface area contributed by atoms with E-state index in [0.29, 0.717) is 17.8 Å². The van der Waals surface area contributed by atoms with E-state index in [0.717, 1.165) is 17.0 Å². The number of aromatic nitrogens is 1. The van der Waals surface area contributed by atoms with Crippen molar-refractivity contribution >= 4 is 5.91 Å². The maximum absolute atomic E-state index is 12.3. The lowest BCUT2D eigenvalue weighted by Crippen LogP contribution is -2.23. The van der Waals surface area contributed by atoms with Crippen molar-refractivity contribution in [3.63, 3.8) is 0 Å². The summed E-state index contributed by atoms with van der Waals surface area (Å²) in [6.45, 7) is 4.26. The number of carbonyl (C=O) groups is 1. The Labute approximate surface area is 135 Å². The average molecular weight is 306 g/mol. The summed E-state index contributed by atoms with van der Waals surface area (Å²) < 4.78 is 5.21. The molecular weight excluding hydrogens is 288 g/mol. The van der Waals surface area contributed by atoms with Gasteiger partial charge in [-0.05, 0) is 38.1 Å². The molecule has 23 heavy (non-hydrogen) atoms. The molecule has 0 spiro atoms. The van der Waals surface area contributed by atoms with E-state index >= 15 is 0 Å². The number of aryl methyl sites for hydroxylation is 2. The van der Waals surface area contributed by atoms with Gasteiger partial charge >= 0.3 is 0 Å². The van der Waals surface area contributed by atoms with E-state index < -0.39 is 0 Å². The van der Waals surface area contributed by atoms with Crippen LogP contribution in [0.5, 0.6) is 0 Å². The minimum Gasteiger partial charge on any atom is -0.467 e. The standard InChI is InChI=1S/C19H18N2O2/c1-13-5-7-15(8-6-13)18-10-9-17(14(2)21-18)19(22)20-12-16-4-3-11-23-16/h3-11H,12H2,1-2H3,(H,20,22). The Kier molecular flexibility index (Phi) is 4.24. The largest absolute Gasteiger partial charge is 0.467 e. The van der Waals surface area contributed by atoms with Crippen LogP contribution >= 0.6 is 0 Å². The molecule has 116 valence electrons. The first-order chi connectivity index (χ1) is 11.1. The molecule has 4 heteroatoms. The van der Waals surface area contributed by atoms with Gasteiger partial charge in [-0.3, -0.25) is 9.78 Å². The fraction of sp³-hybridized carbons (Fsp3) is 0.158. The lowest BCUT2D eigenvalue weighted by molar-refractivity contribution is 0.0947. The molecule has 2 aromatic heterocycles. The summed E-state index contributed by atoms with van der Waals surface area (Å²) in [5, 5.41) is 2.84. The van der Waals surface area contributed by atoms with Gasteiger partial charge < -0.3 is 9.73 Å². The molecule has 2 heterocycles. The molecule has 0 saturated heterocycles. The number of furan rings is 1. The van der Waals surface area contributed by atoms with E-state index in [4.69, 9.17) is 4.42 Å². The second kappa shape index (κ2) is 6.48. The summed E-state index contributed by atoms with van der Waals surface area (Å²) in [4.78, 5) is 16.8. The Bertz CT molecular complexity index is 806. The van der Waals surface area contributed by atoms with Crippen molar-refractivity contribution in [3.05, 3.63) is 77.4 Å². The van der Waals surface area contributed by atoms with Gasteiger partial charge in [-0.25, -0.2) is 0 Å². The number of nitrogens with zero attached hydrogens (tertiary/aromatic N) is 1. The van der Waals surface area contributed by atoms with Gasteiger partial charge in [0.15, 0.2) is 0 Å². The van der Waals surface area contributed by atoms with Crippen LogP contribution < -0.4 is 5.32 Å². The number of pyridine rings is 1. The van der Waals surface area contributed by atoms with E-state index in [9.17, 15) is 4.79 Å². The Morgan fingerprint density at radius 1 is 1.09 bits per heavy atom. The number of nitrogens with one attached hydrogen (secondary N) is 1. The van der Waals surface area contributed by atoms with Gasteiger partial charge in [0.1, 0.15) is 5.76 Å². The third-order valence-corrected chi connectivity index (χ3v) is 3.68. The highest BCUT2D eigenvalue weighted by Crippen LogP contribution is 2.19. The summed E-state index contributed by atoms with van der Waals surface area (Å²) >= 11 is 0. The van der Waals surface area contributed by atoms with Crippen molar-refractivity contribution in [1.29, 1.82) is 0 Å². The van der Waals surface area contributed by atoms with E-state index in [1.165, 1.54) is 5.56 Å². The van der Waals surface area contributed by atoms with Gasteiger partial charge in [0.2, 0.25) is 0 Å². The number of hydrogen-bond acceptors (Lipinski definition) is 3. The Morgan fingerprint density at radius 3 is 2.52 bits per heavy atom. The van der Waals surface area contributed by atoms with Crippen LogP contribution in [0.2, 0.25) is 0 Å². The SMILES string of the molecule is Cc1ccc(-c2ccc(C(=O)NCc3ccco3)c(C)n2)cc1. The molecule has 0 aliphatic heterocycles. The predicted molar refractivity (Wildman–Crippen MR) is 89.0 cm³/mol. The van der Waals surface area contributed by atoms with Crippen molar-refractivity contribution in [2.75, 3.05) is 0 Å². The number of hydrogen-bond donors (Lipinski definition) is 1. The van der Waals surface area contributed by atoms with Crippen LogP contribution in [0.1, 0.15) is 27.4 Å². The minimum absolute atomic E-state index is 0.151. The molecule has 0 atom stereocenters. The quantitative estimate of drug-likeness (QED) is 0.795. The molecule has 1 amide bonds. The van der Waals surface area contributed by atoms with E-state index in [-0.39, 0.29) is 5.91 Å². The van der Waals surface area contributed by atoms with Gasteiger partial charge in [0.25, 0.3) is 5.91 Å². The molecule has 0 unspecified atom stereocenters. The highest BCUT2D eigenvalue weighted by Gasteiger charge is 2.11. The van der Waals surface area contributed by atoms with Crippen molar-refractivity contribution in [2.24, 2.45) is 0 Å². The Morgan fingerprint density at radius 2 is 1.87 bits per heavy atom. The predicted octanol–water partition coefficient (Wildman–Crippen LogP) is 3.89. The molecule has 0 fully saturated rings. The summed E-state index contributed by atoms with van der Waals surface area (Å²) in [6, 6.07) is 15.5. The number of carbonyl (C=O) groups excluding carboxylic acids is 1. The lowest BCUT2D eigenvalue weighted by Gasteiger charge is -2.08.